The molecule has 0 aliphatic rings. The third-order valence-corrected chi connectivity index (χ3v) is 2.84. The van der Waals surface area contributed by atoms with Gasteiger partial charge in [0, 0.05) is 17.5 Å². The standard InChI is InChI=1S/C13H19N3/c1-5-16(13(2,3)4)12-10-8-6-7-9-11(10)14-15-12/h6-9H,5H2,1-4H3,(H,14,15). The zero-order chi connectivity index (χ0) is 11.8. The van der Waals surface area contributed by atoms with E-state index >= 15 is 0 Å². The molecule has 3 nitrogen and oxygen atoms in total. The van der Waals surface area contributed by atoms with E-state index in [-0.39, 0.29) is 5.54 Å². The van der Waals surface area contributed by atoms with Gasteiger partial charge in [0.2, 0.25) is 0 Å². The van der Waals surface area contributed by atoms with Gasteiger partial charge in [0.05, 0.1) is 5.52 Å². The molecule has 0 spiro atoms. The number of para-hydroxylation sites is 1. The highest BCUT2D eigenvalue weighted by Gasteiger charge is 2.22. The quantitative estimate of drug-likeness (QED) is 0.837. The van der Waals surface area contributed by atoms with E-state index in [4.69, 9.17) is 0 Å². The number of anilines is 1. The van der Waals surface area contributed by atoms with E-state index in [1.165, 1.54) is 5.39 Å². The third kappa shape index (κ3) is 1.77. The third-order valence-electron chi connectivity index (χ3n) is 2.84. The van der Waals surface area contributed by atoms with E-state index in [0.29, 0.717) is 0 Å². The van der Waals surface area contributed by atoms with E-state index < -0.39 is 0 Å². The van der Waals surface area contributed by atoms with Crippen molar-refractivity contribution < 1.29 is 0 Å². The number of nitrogens with zero attached hydrogens (tertiary/aromatic N) is 2. The number of hydrogen-bond donors (Lipinski definition) is 1. The summed E-state index contributed by atoms with van der Waals surface area (Å²) in [6.45, 7) is 9.78. The van der Waals surface area contributed by atoms with Gasteiger partial charge in [0.15, 0.2) is 0 Å². The van der Waals surface area contributed by atoms with Crippen LogP contribution in [0, 0.1) is 0 Å². The zero-order valence-electron chi connectivity index (χ0n) is 10.4. The summed E-state index contributed by atoms with van der Waals surface area (Å²) in [5.74, 6) is 1.12. The van der Waals surface area contributed by atoms with Gasteiger partial charge in [-0.15, -0.1) is 0 Å². The van der Waals surface area contributed by atoms with Crippen molar-refractivity contribution in [3.8, 4) is 0 Å². The van der Waals surface area contributed by atoms with Crippen LogP contribution in [-0.4, -0.2) is 22.3 Å². The SMILES string of the molecule is CCN(c1[nH]nc2ccccc12)C(C)(C)C. The number of hydrogen-bond acceptors (Lipinski definition) is 2. The lowest BCUT2D eigenvalue weighted by Crippen LogP contribution is -2.41. The van der Waals surface area contributed by atoms with Gasteiger partial charge < -0.3 is 4.90 Å². The predicted molar refractivity (Wildman–Crippen MR) is 68.9 cm³/mol. The molecule has 0 amide bonds. The lowest BCUT2D eigenvalue weighted by Gasteiger charge is -2.35. The summed E-state index contributed by atoms with van der Waals surface area (Å²) in [5.41, 5.74) is 1.13. The van der Waals surface area contributed by atoms with E-state index in [0.717, 1.165) is 17.9 Å². The zero-order valence-corrected chi connectivity index (χ0v) is 10.4. The van der Waals surface area contributed by atoms with Gasteiger partial charge in [-0.2, -0.15) is 5.10 Å². The highest BCUT2D eigenvalue weighted by Crippen LogP contribution is 2.28. The van der Waals surface area contributed by atoms with Crippen LogP contribution in [0.25, 0.3) is 10.9 Å². The van der Waals surface area contributed by atoms with Gasteiger partial charge in [0.25, 0.3) is 0 Å². The van der Waals surface area contributed by atoms with Crippen LogP contribution in [0.3, 0.4) is 0 Å². The Kier molecular flexibility index (Phi) is 2.62. The van der Waals surface area contributed by atoms with Crippen molar-refractivity contribution in [1.29, 1.82) is 0 Å². The molecule has 0 saturated heterocycles. The van der Waals surface area contributed by atoms with Crippen LogP contribution in [0.15, 0.2) is 24.3 Å². The van der Waals surface area contributed by atoms with Gasteiger partial charge in [0.1, 0.15) is 5.82 Å². The Labute approximate surface area is 96.5 Å². The summed E-state index contributed by atoms with van der Waals surface area (Å²) in [7, 11) is 0. The molecule has 1 N–H and O–H groups in total. The first-order chi connectivity index (χ1) is 7.54. The Balaban J connectivity index is 2.54. The van der Waals surface area contributed by atoms with Gasteiger partial charge in [-0.05, 0) is 39.8 Å². The molecule has 0 radical (unpaired) electrons. The number of fused-ring (bicyclic) bond motifs is 1. The van der Waals surface area contributed by atoms with E-state index in [2.05, 4.69) is 54.9 Å². The molecule has 0 bridgehead atoms. The summed E-state index contributed by atoms with van der Waals surface area (Å²) in [4.78, 5) is 2.34. The minimum absolute atomic E-state index is 0.101. The second-order valence-electron chi connectivity index (χ2n) is 5.00. The molecular weight excluding hydrogens is 198 g/mol. The maximum absolute atomic E-state index is 4.33. The van der Waals surface area contributed by atoms with Crippen molar-refractivity contribution in [3.63, 3.8) is 0 Å². The molecule has 3 heteroatoms. The predicted octanol–water partition coefficient (Wildman–Crippen LogP) is 3.19. The lowest BCUT2D eigenvalue weighted by molar-refractivity contribution is 0.509. The summed E-state index contributed by atoms with van der Waals surface area (Å²) in [6, 6.07) is 8.21. The number of benzene rings is 1. The summed E-state index contributed by atoms with van der Waals surface area (Å²) >= 11 is 0. The number of aromatic nitrogens is 2. The molecule has 2 aromatic rings. The normalized spacial score (nSPS) is 12.0. The molecule has 16 heavy (non-hydrogen) atoms. The second kappa shape index (κ2) is 3.81. The lowest BCUT2D eigenvalue weighted by atomic mass is 10.1. The second-order valence-corrected chi connectivity index (χ2v) is 5.00. The molecule has 1 aromatic carbocycles. The number of aromatic amines is 1. The Hall–Kier alpha value is -1.51. The van der Waals surface area contributed by atoms with Crippen LogP contribution in [0.5, 0.6) is 0 Å². The van der Waals surface area contributed by atoms with Crippen LogP contribution in [-0.2, 0) is 0 Å². The molecular formula is C13H19N3. The van der Waals surface area contributed by atoms with Gasteiger partial charge in [-0.1, -0.05) is 12.1 Å². The number of nitrogens with one attached hydrogen (secondary N) is 1. The molecule has 0 unspecified atom stereocenters. The Bertz CT molecular complexity index is 479. The van der Waals surface area contributed by atoms with Crippen molar-refractivity contribution in [2.75, 3.05) is 11.4 Å². The first kappa shape index (κ1) is 11.0. The van der Waals surface area contributed by atoms with Crippen molar-refractivity contribution in [3.05, 3.63) is 24.3 Å². The smallest absolute Gasteiger partial charge is 0.132 e. The van der Waals surface area contributed by atoms with E-state index in [9.17, 15) is 0 Å². The largest absolute Gasteiger partial charge is 0.352 e. The van der Waals surface area contributed by atoms with Crippen molar-refractivity contribution >= 4 is 16.7 Å². The van der Waals surface area contributed by atoms with E-state index in [1.807, 2.05) is 12.1 Å². The fraction of sp³-hybridized carbons (Fsp3) is 0.462. The molecule has 0 saturated carbocycles. The first-order valence-electron chi connectivity index (χ1n) is 5.75. The Morgan fingerprint density at radius 3 is 2.56 bits per heavy atom. The van der Waals surface area contributed by atoms with Crippen LogP contribution < -0.4 is 4.90 Å². The molecule has 86 valence electrons. The van der Waals surface area contributed by atoms with Crippen LogP contribution >= 0.6 is 0 Å². The highest BCUT2D eigenvalue weighted by atomic mass is 15.3. The summed E-state index contributed by atoms with van der Waals surface area (Å²) in [6.07, 6.45) is 0. The topological polar surface area (TPSA) is 31.9 Å². The molecule has 1 aromatic heterocycles. The van der Waals surface area contributed by atoms with Crippen LogP contribution in [0.4, 0.5) is 5.82 Å². The molecule has 0 fully saturated rings. The maximum Gasteiger partial charge on any atom is 0.132 e. The molecule has 2 rings (SSSR count). The average molecular weight is 217 g/mol. The Morgan fingerprint density at radius 2 is 1.94 bits per heavy atom. The van der Waals surface area contributed by atoms with E-state index in [1.54, 1.807) is 0 Å². The monoisotopic (exact) mass is 217 g/mol. The molecule has 0 atom stereocenters. The number of H-pyrrole nitrogens is 1. The van der Waals surface area contributed by atoms with Crippen molar-refractivity contribution in [2.45, 2.75) is 33.2 Å². The summed E-state index contributed by atoms with van der Waals surface area (Å²) < 4.78 is 0. The number of rotatable bonds is 2. The van der Waals surface area contributed by atoms with Crippen molar-refractivity contribution in [1.82, 2.24) is 10.2 Å². The highest BCUT2D eigenvalue weighted by molar-refractivity contribution is 5.90. The van der Waals surface area contributed by atoms with Crippen LogP contribution in [0.2, 0.25) is 0 Å². The molecule has 0 aliphatic carbocycles. The van der Waals surface area contributed by atoms with Gasteiger partial charge in [-0.25, -0.2) is 0 Å². The molecule has 0 aliphatic heterocycles. The minimum Gasteiger partial charge on any atom is -0.352 e. The van der Waals surface area contributed by atoms with Crippen molar-refractivity contribution in [2.24, 2.45) is 0 Å². The average Bonchev–Trinajstić information content (AvgIpc) is 2.61. The summed E-state index contributed by atoms with van der Waals surface area (Å²) in [5, 5.41) is 8.68. The van der Waals surface area contributed by atoms with Gasteiger partial charge in [-0.3, -0.25) is 5.10 Å². The first-order valence-corrected chi connectivity index (χ1v) is 5.75. The Morgan fingerprint density at radius 1 is 1.25 bits per heavy atom. The fourth-order valence-corrected chi connectivity index (χ4v) is 2.12. The minimum atomic E-state index is 0.101. The van der Waals surface area contributed by atoms with Gasteiger partial charge >= 0.3 is 0 Å². The van der Waals surface area contributed by atoms with Crippen LogP contribution in [0.1, 0.15) is 27.7 Å². The molecule has 1 heterocycles. The fourth-order valence-electron chi connectivity index (χ4n) is 2.12. The maximum atomic E-state index is 4.33.